The van der Waals surface area contributed by atoms with Gasteiger partial charge in [0.05, 0.1) is 0 Å². The van der Waals surface area contributed by atoms with E-state index >= 15 is 0 Å². The Morgan fingerprint density at radius 2 is 1.90 bits per heavy atom. The van der Waals surface area contributed by atoms with Crippen LogP contribution in [0.25, 0.3) is 0 Å². The van der Waals surface area contributed by atoms with Gasteiger partial charge in [0.2, 0.25) is 0 Å². The lowest BCUT2D eigenvalue weighted by Crippen LogP contribution is -1.82. The van der Waals surface area contributed by atoms with E-state index in [4.69, 9.17) is 5.73 Å². The molecule has 0 aliphatic rings. The molecule has 1 aromatic rings. The quantitative estimate of drug-likeness (QED) is 0.429. The fourth-order valence-electron chi connectivity index (χ4n) is 0.670. The summed E-state index contributed by atoms with van der Waals surface area (Å²) in [7, 11) is 0. The fraction of sp³-hybridized carbons (Fsp3) is 0.111. The normalized spacial score (nSPS) is 7.70. The van der Waals surface area contributed by atoms with Gasteiger partial charge in [-0.3, -0.25) is 0 Å². The summed E-state index contributed by atoms with van der Waals surface area (Å²) < 4.78 is 0. The predicted molar refractivity (Wildman–Crippen MR) is 46.8 cm³/mol. The Morgan fingerprint density at radius 3 is 2.20 bits per heavy atom. The summed E-state index contributed by atoms with van der Waals surface area (Å²) in [6.45, 7) is 8.02. The van der Waals surface area contributed by atoms with Gasteiger partial charge in [0.1, 0.15) is 0 Å². The van der Waals surface area contributed by atoms with Crippen molar-refractivity contribution >= 4 is 5.69 Å². The van der Waals surface area contributed by atoms with Gasteiger partial charge in [-0.15, -0.1) is 13.2 Å². The van der Waals surface area contributed by atoms with E-state index in [1.165, 1.54) is 5.56 Å². The maximum atomic E-state index is 5.46. The molecular weight excluding hydrogens is 122 g/mol. The fourth-order valence-corrected chi connectivity index (χ4v) is 0.670. The third kappa shape index (κ3) is 2.92. The van der Waals surface area contributed by atoms with E-state index in [0.29, 0.717) is 0 Å². The topological polar surface area (TPSA) is 26.0 Å². The van der Waals surface area contributed by atoms with Crippen molar-refractivity contribution in [1.82, 2.24) is 0 Å². The van der Waals surface area contributed by atoms with E-state index in [1.54, 1.807) is 0 Å². The Morgan fingerprint density at radius 1 is 1.30 bits per heavy atom. The lowest BCUT2D eigenvalue weighted by Gasteiger charge is -1.91. The summed E-state index contributed by atoms with van der Waals surface area (Å²) in [5.41, 5.74) is 7.51. The largest absolute Gasteiger partial charge is 0.399 e. The number of hydrogen-bond acceptors (Lipinski definition) is 1. The molecule has 0 heterocycles. The Kier molecular flexibility index (Phi) is 4.05. The second kappa shape index (κ2) is 4.62. The Labute approximate surface area is 62.2 Å². The van der Waals surface area contributed by atoms with Crippen molar-refractivity contribution in [2.75, 3.05) is 5.73 Å². The van der Waals surface area contributed by atoms with Gasteiger partial charge in [-0.1, -0.05) is 12.1 Å². The van der Waals surface area contributed by atoms with Gasteiger partial charge in [0.15, 0.2) is 0 Å². The summed E-state index contributed by atoms with van der Waals surface area (Å²) in [5.74, 6) is 0. The predicted octanol–water partition coefficient (Wildman–Crippen LogP) is 2.38. The van der Waals surface area contributed by atoms with Crippen molar-refractivity contribution in [2.45, 2.75) is 6.92 Å². The molecule has 0 saturated carbocycles. The molecule has 0 aliphatic heterocycles. The third-order valence-electron chi connectivity index (χ3n) is 1.04. The first-order valence-electron chi connectivity index (χ1n) is 3.11. The molecule has 0 saturated heterocycles. The van der Waals surface area contributed by atoms with Crippen molar-refractivity contribution in [3.8, 4) is 0 Å². The van der Waals surface area contributed by atoms with Crippen LogP contribution < -0.4 is 5.73 Å². The number of rotatable bonds is 0. The molecule has 0 radical (unpaired) electrons. The average molecular weight is 135 g/mol. The van der Waals surface area contributed by atoms with Crippen LogP contribution in [-0.2, 0) is 0 Å². The zero-order valence-corrected chi connectivity index (χ0v) is 6.30. The highest BCUT2D eigenvalue weighted by Gasteiger charge is 1.81. The van der Waals surface area contributed by atoms with Crippen LogP contribution in [0.15, 0.2) is 37.4 Å². The van der Waals surface area contributed by atoms with E-state index in [2.05, 4.69) is 13.2 Å². The van der Waals surface area contributed by atoms with Crippen molar-refractivity contribution in [2.24, 2.45) is 0 Å². The molecule has 0 unspecified atom stereocenters. The Balaban J connectivity index is 0.000000371. The molecule has 0 aliphatic carbocycles. The first-order valence-corrected chi connectivity index (χ1v) is 3.11. The van der Waals surface area contributed by atoms with Crippen molar-refractivity contribution in [1.29, 1.82) is 0 Å². The average Bonchev–Trinajstić information content (AvgIpc) is 1.91. The molecule has 2 N–H and O–H groups in total. The lowest BCUT2D eigenvalue weighted by molar-refractivity contribution is 1.47. The highest BCUT2D eigenvalue weighted by atomic mass is 14.5. The molecule has 0 fully saturated rings. The van der Waals surface area contributed by atoms with Crippen molar-refractivity contribution in [3.63, 3.8) is 0 Å². The Bertz CT molecular complexity index is 176. The standard InChI is InChI=1S/C7H9N.C2H4/c1-6-3-2-4-7(8)5-6;1-2/h2-5H,8H2,1H3;1-2H2. The summed E-state index contributed by atoms with van der Waals surface area (Å²) in [6.07, 6.45) is 0. The van der Waals surface area contributed by atoms with Gasteiger partial charge in [-0.05, 0) is 24.6 Å². The number of anilines is 1. The smallest absolute Gasteiger partial charge is 0.0316 e. The van der Waals surface area contributed by atoms with Gasteiger partial charge < -0.3 is 5.73 Å². The number of hydrogen-bond donors (Lipinski definition) is 1. The third-order valence-corrected chi connectivity index (χ3v) is 1.04. The van der Waals surface area contributed by atoms with E-state index in [-0.39, 0.29) is 0 Å². The minimum atomic E-state index is 0.838. The van der Waals surface area contributed by atoms with Gasteiger partial charge >= 0.3 is 0 Å². The zero-order valence-electron chi connectivity index (χ0n) is 6.30. The molecule has 0 bridgehead atoms. The zero-order chi connectivity index (χ0) is 7.98. The molecule has 0 aromatic heterocycles. The lowest BCUT2D eigenvalue weighted by atomic mass is 10.2. The summed E-state index contributed by atoms with van der Waals surface area (Å²) >= 11 is 0. The minimum Gasteiger partial charge on any atom is -0.399 e. The maximum absolute atomic E-state index is 5.46. The van der Waals surface area contributed by atoms with Crippen molar-refractivity contribution < 1.29 is 0 Å². The molecule has 1 rings (SSSR count). The van der Waals surface area contributed by atoms with Crippen LogP contribution in [0.1, 0.15) is 5.56 Å². The number of benzene rings is 1. The molecular formula is C9H13N. The minimum absolute atomic E-state index is 0.838. The molecule has 0 atom stereocenters. The molecule has 54 valence electrons. The first kappa shape index (κ1) is 8.76. The summed E-state index contributed by atoms with van der Waals surface area (Å²) in [6, 6.07) is 7.80. The van der Waals surface area contributed by atoms with Crippen molar-refractivity contribution in [3.05, 3.63) is 43.0 Å². The van der Waals surface area contributed by atoms with E-state index in [0.717, 1.165) is 5.69 Å². The molecule has 1 aromatic carbocycles. The van der Waals surface area contributed by atoms with Gasteiger partial charge in [-0.2, -0.15) is 0 Å². The van der Waals surface area contributed by atoms with Crippen LogP contribution in [0.5, 0.6) is 0 Å². The van der Waals surface area contributed by atoms with Gasteiger partial charge in [0, 0.05) is 5.69 Å². The van der Waals surface area contributed by atoms with E-state index in [1.807, 2.05) is 31.2 Å². The number of nitrogen functional groups attached to an aromatic ring is 1. The van der Waals surface area contributed by atoms with Crippen LogP contribution in [0.4, 0.5) is 5.69 Å². The molecule has 0 spiro atoms. The Hall–Kier alpha value is -1.24. The summed E-state index contributed by atoms with van der Waals surface area (Å²) in [5, 5.41) is 0. The van der Waals surface area contributed by atoms with Crippen LogP contribution in [-0.4, -0.2) is 0 Å². The second-order valence-corrected chi connectivity index (χ2v) is 1.91. The van der Waals surface area contributed by atoms with Crippen LogP contribution in [0.3, 0.4) is 0 Å². The molecule has 1 heteroatoms. The monoisotopic (exact) mass is 135 g/mol. The van der Waals surface area contributed by atoms with Crippen LogP contribution in [0, 0.1) is 6.92 Å². The number of aryl methyl sites for hydroxylation is 1. The van der Waals surface area contributed by atoms with Crippen LogP contribution >= 0.6 is 0 Å². The molecule has 10 heavy (non-hydrogen) atoms. The van der Waals surface area contributed by atoms with Gasteiger partial charge in [0.25, 0.3) is 0 Å². The summed E-state index contributed by atoms with van der Waals surface area (Å²) in [4.78, 5) is 0. The highest BCUT2D eigenvalue weighted by Crippen LogP contribution is 2.03. The number of nitrogens with two attached hydrogens (primary N) is 1. The van der Waals surface area contributed by atoms with Gasteiger partial charge in [-0.25, -0.2) is 0 Å². The van der Waals surface area contributed by atoms with Crippen LogP contribution in [0.2, 0.25) is 0 Å². The van der Waals surface area contributed by atoms with E-state index < -0.39 is 0 Å². The first-order chi connectivity index (χ1) is 4.79. The SMILES string of the molecule is C=C.Cc1cccc(N)c1. The maximum Gasteiger partial charge on any atom is 0.0316 e. The van der Waals surface area contributed by atoms with E-state index in [9.17, 15) is 0 Å². The second-order valence-electron chi connectivity index (χ2n) is 1.91. The molecule has 0 amide bonds. The highest BCUT2D eigenvalue weighted by molar-refractivity contribution is 5.39. The molecule has 1 nitrogen and oxygen atoms in total.